The van der Waals surface area contributed by atoms with Crippen LogP contribution in [0.15, 0.2) is 0 Å². The Kier molecular flexibility index (Phi) is 5.19. The van der Waals surface area contributed by atoms with Crippen molar-refractivity contribution >= 4 is 11.7 Å². The number of hydrogen-bond acceptors (Lipinski definition) is 6. The predicted molar refractivity (Wildman–Crippen MR) is 79.1 cm³/mol. The fourth-order valence-corrected chi connectivity index (χ4v) is 2.50. The van der Waals surface area contributed by atoms with Gasteiger partial charge in [-0.1, -0.05) is 13.8 Å². The van der Waals surface area contributed by atoms with Crippen LogP contribution in [-0.4, -0.2) is 59.6 Å². The molecule has 0 amide bonds. The molecule has 2 rings (SSSR count). The summed E-state index contributed by atoms with van der Waals surface area (Å²) in [6.45, 7) is 7.65. The van der Waals surface area contributed by atoms with Crippen LogP contribution in [0.3, 0.4) is 0 Å². The van der Waals surface area contributed by atoms with E-state index in [0.29, 0.717) is 24.4 Å². The minimum atomic E-state index is -0.445. The Labute approximate surface area is 125 Å². The number of nitrogen functional groups attached to an aromatic ring is 1. The molecule has 7 heteroatoms. The summed E-state index contributed by atoms with van der Waals surface area (Å²) in [7, 11) is 1.70. The monoisotopic (exact) mass is 296 g/mol. The molecule has 1 fully saturated rings. The Morgan fingerprint density at radius 1 is 1.52 bits per heavy atom. The van der Waals surface area contributed by atoms with E-state index in [1.165, 1.54) is 4.68 Å². The van der Waals surface area contributed by atoms with Crippen molar-refractivity contribution < 1.29 is 14.3 Å². The first kappa shape index (κ1) is 15.8. The summed E-state index contributed by atoms with van der Waals surface area (Å²) in [6.07, 6.45) is 0.604. The van der Waals surface area contributed by atoms with Crippen LogP contribution in [0.1, 0.15) is 30.0 Å². The van der Waals surface area contributed by atoms with Crippen LogP contribution in [0.2, 0.25) is 0 Å². The fraction of sp³-hybridized carbons (Fsp3) is 0.714. The van der Waals surface area contributed by atoms with Crippen molar-refractivity contribution in [2.75, 3.05) is 38.6 Å². The number of anilines is 1. The van der Waals surface area contributed by atoms with Crippen LogP contribution in [0.25, 0.3) is 0 Å². The fourth-order valence-electron chi connectivity index (χ4n) is 2.50. The minimum absolute atomic E-state index is 0.0808. The summed E-state index contributed by atoms with van der Waals surface area (Å²) in [5, 5.41) is 4.22. The van der Waals surface area contributed by atoms with Crippen molar-refractivity contribution in [2.45, 2.75) is 26.4 Å². The zero-order chi connectivity index (χ0) is 15.4. The highest BCUT2D eigenvalue weighted by Gasteiger charge is 2.24. The number of likely N-dealkylation sites (N-methyl/N-ethyl adjacent to an activating group) is 1. The molecule has 1 aliphatic heterocycles. The molecule has 0 radical (unpaired) electrons. The molecule has 0 aliphatic carbocycles. The van der Waals surface area contributed by atoms with Gasteiger partial charge in [0.05, 0.1) is 18.0 Å². The Hall–Kier alpha value is -1.60. The molecule has 0 bridgehead atoms. The third-order valence-corrected chi connectivity index (χ3v) is 3.76. The first-order valence-electron chi connectivity index (χ1n) is 7.39. The molecule has 2 N–H and O–H groups in total. The number of carbonyl (C=O) groups is 1. The third kappa shape index (κ3) is 3.54. The van der Waals surface area contributed by atoms with Gasteiger partial charge in [0, 0.05) is 20.1 Å². The van der Waals surface area contributed by atoms with E-state index in [4.69, 9.17) is 15.2 Å². The molecule has 0 saturated carbocycles. The van der Waals surface area contributed by atoms with Crippen LogP contribution in [0.5, 0.6) is 0 Å². The van der Waals surface area contributed by atoms with Gasteiger partial charge in [-0.05, 0) is 13.0 Å². The van der Waals surface area contributed by atoms with Gasteiger partial charge in [-0.3, -0.25) is 9.58 Å². The topological polar surface area (TPSA) is 82.6 Å². The van der Waals surface area contributed by atoms with Crippen LogP contribution in [0.4, 0.5) is 5.69 Å². The Balaban J connectivity index is 1.94. The molecular weight excluding hydrogens is 272 g/mol. The molecule has 1 unspecified atom stereocenters. The number of aromatic nitrogens is 2. The van der Waals surface area contributed by atoms with E-state index in [9.17, 15) is 4.79 Å². The summed E-state index contributed by atoms with van der Waals surface area (Å²) in [5.74, 6) is -0.445. The van der Waals surface area contributed by atoms with Crippen molar-refractivity contribution in [3.63, 3.8) is 0 Å². The summed E-state index contributed by atoms with van der Waals surface area (Å²) in [5.41, 5.74) is 7.38. The van der Waals surface area contributed by atoms with E-state index in [0.717, 1.165) is 25.3 Å². The molecule has 2 heterocycles. The van der Waals surface area contributed by atoms with Gasteiger partial charge < -0.3 is 15.2 Å². The molecule has 1 atom stereocenters. The molecule has 7 nitrogen and oxygen atoms in total. The normalized spacial score (nSPS) is 19.7. The second-order valence-electron chi connectivity index (χ2n) is 5.17. The highest BCUT2D eigenvalue weighted by molar-refractivity contribution is 5.93. The highest BCUT2D eigenvalue weighted by Crippen LogP contribution is 2.18. The Bertz CT molecular complexity index is 501. The van der Waals surface area contributed by atoms with Crippen LogP contribution in [0, 0.1) is 0 Å². The quantitative estimate of drug-likeness (QED) is 0.794. The molecule has 1 saturated heterocycles. The van der Waals surface area contributed by atoms with Gasteiger partial charge in [-0.2, -0.15) is 5.10 Å². The van der Waals surface area contributed by atoms with E-state index in [1.54, 1.807) is 7.05 Å². The number of nitrogens with zero attached hydrogens (tertiary/aromatic N) is 3. The lowest BCUT2D eigenvalue weighted by atomic mass is 10.2. The number of ether oxygens (including phenoxy) is 2. The maximum atomic E-state index is 12.2. The van der Waals surface area contributed by atoms with Crippen molar-refractivity contribution in [3.05, 3.63) is 11.4 Å². The van der Waals surface area contributed by atoms with Gasteiger partial charge in [0.15, 0.2) is 5.69 Å². The maximum Gasteiger partial charge on any atom is 0.358 e. The first-order chi connectivity index (χ1) is 10.1. The molecule has 0 aromatic carbocycles. The number of esters is 1. The van der Waals surface area contributed by atoms with Crippen molar-refractivity contribution in [1.29, 1.82) is 0 Å². The zero-order valence-electron chi connectivity index (χ0n) is 13.0. The van der Waals surface area contributed by atoms with Gasteiger partial charge in [0.1, 0.15) is 12.7 Å². The van der Waals surface area contributed by atoms with Gasteiger partial charge >= 0.3 is 5.97 Å². The lowest BCUT2D eigenvalue weighted by Gasteiger charge is -2.31. The second kappa shape index (κ2) is 6.91. The van der Waals surface area contributed by atoms with Crippen LogP contribution >= 0.6 is 0 Å². The minimum Gasteiger partial charge on any atom is -0.458 e. The average molecular weight is 296 g/mol. The summed E-state index contributed by atoms with van der Waals surface area (Å²) < 4.78 is 12.4. The highest BCUT2D eigenvalue weighted by atomic mass is 16.6. The van der Waals surface area contributed by atoms with E-state index < -0.39 is 5.97 Å². The number of aryl methyl sites for hydroxylation is 2. The molecule has 21 heavy (non-hydrogen) atoms. The average Bonchev–Trinajstić information content (AvgIpc) is 2.79. The standard InChI is InChI=1S/C14H24N4O3/c1-4-11-12(15)13(17(3)16-11)14(19)21-9-10-8-18(5-2)6-7-20-10/h10H,4-9,15H2,1-3H3. The number of nitrogens with two attached hydrogens (primary N) is 1. The first-order valence-corrected chi connectivity index (χ1v) is 7.39. The van der Waals surface area contributed by atoms with Gasteiger partial charge in [-0.15, -0.1) is 0 Å². The van der Waals surface area contributed by atoms with Crippen molar-refractivity contribution in [3.8, 4) is 0 Å². The summed E-state index contributed by atoms with van der Waals surface area (Å²) >= 11 is 0. The Morgan fingerprint density at radius 3 is 2.90 bits per heavy atom. The van der Waals surface area contributed by atoms with Gasteiger partial charge in [0.2, 0.25) is 0 Å². The lowest BCUT2D eigenvalue weighted by Crippen LogP contribution is -2.44. The maximum absolute atomic E-state index is 12.2. The number of carbonyl (C=O) groups excluding carboxylic acids is 1. The second-order valence-corrected chi connectivity index (χ2v) is 5.17. The largest absolute Gasteiger partial charge is 0.458 e. The molecule has 0 spiro atoms. The van der Waals surface area contributed by atoms with Crippen LogP contribution < -0.4 is 5.73 Å². The smallest absolute Gasteiger partial charge is 0.358 e. The summed E-state index contributed by atoms with van der Waals surface area (Å²) in [4.78, 5) is 14.5. The Morgan fingerprint density at radius 2 is 2.29 bits per heavy atom. The molecule has 1 aromatic heterocycles. The van der Waals surface area contributed by atoms with Gasteiger partial charge in [0.25, 0.3) is 0 Å². The van der Waals surface area contributed by atoms with Gasteiger partial charge in [-0.25, -0.2) is 4.79 Å². The predicted octanol–water partition coefficient (Wildman–Crippen LogP) is 0.442. The van der Waals surface area contributed by atoms with E-state index in [-0.39, 0.29) is 12.7 Å². The third-order valence-electron chi connectivity index (χ3n) is 3.76. The number of hydrogen-bond donors (Lipinski definition) is 1. The van der Waals surface area contributed by atoms with Crippen molar-refractivity contribution in [1.82, 2.24) is 14.7 Å². The number of morpholine rings is 1. The zero-order valence-corrected chi connectivity index (χ0v) is 13.0. The lowest BCUT2D eigenvalue weighted by molar-refractivity contribution is -0.0580. The van der Waals surface area contributed by atoms with E-state index in [1.807, 2.05) is 6.92 Å². The van der Waals surface area contributed by atoms with Crippen molar-refractivity contribution in [2.24, 2.45) is 7.05 Å². The molecule has 1 aromatic rings. The molecule has 1 aliphatic rings. The van der Waals surface area contributed by atoms with E-state index in [2.05, 4.69) is 16.9 Å². The van der Waals surface area contributed by atoms with Crippen LogP contribution in [-0.2, 0) is 22.9 Å². The summed E-state index contributed by atoms with van der Waals surface area (Å²) in [6, 6.07) is 0. The van der Waals surface area contributed by atoms with E-state index >= 15 is 0 Å². The SMILES string of the molecule is CCc1nn(C)c(C(=O)OCC2CN(CC)CCO2)c1N. The number of rotatable bonds is 5. The molecule has 118 valence electrons. The molecular formula is C14H24N4O3.